The van der Waals surface area contributed by atoms with E-state index in [1.807, 2.05) is 0 Å². The Kier molecular flexibility index (Phi) is 5.97. The Balaban J connectivity index is 1.66. The number of nitrogens with zero attached hydrogens (tertiary/aromatic N) is 2. The second-order valence-electron chi connectivity index (χ2n) is 6.09. The van der Waals surface area contributed by atoms with Crippen LogP contribution in [0.3, 0.4) is 0 Å². The molecule has 138 valence electrons. The van der Waals surface area contributed by atoms with Gasteiger partial charge in [0.2, 0.25) is 5.91 Å². The molecule has 3 rings (SSSR count). The highest BCUT2D eigenvalue weighted by Gasteiger charge is 2.40. The summed E-state index contributed by atoms with van der Waals surface area (Å²) in [5, 5.41) is 2.58. The summed E-state index contributed by atoms with van der Waals surface area (Å²) < 4.78 is 5.30. The third-order valence-corrected chi connectivity index (χ3v) is 4.55. The molecule has 2 saturated heterocycles. The van der Waals surface area contributed by atoms with Gasteiger partial charge < -0.3 is 9.64 Å². The Morgan fingerprint density at radius 2 is 2.08 bits per heavy atom. The molecule has 1 aromatic rings. The van der Waals surface area contributed by atoms with Crippen LogP contribution in [0.2, 0.25) is 5.02 Å². The summed E-state index contributed by atoms with van der Waals surface area (Å²) in [7, 11) is 0. The standard InChI is InChI=1S/C17H19ClN4O4/c18-12-2-1-3-13(10-12)22-16(24)14(15(23)20-17(22)25)11-19-4-5-21-6-8-26-9-7-21/h1-3,10-11,14H,4-9H2,(H,20,23,25)/p+1/t14-/m0/s1. The number of anilines is 1. The lowest BCUT2D eigenvalue weighted by Gasteiger charge is -2.28. The van der Waals surface area contributed by atoms with Crippen LogP contribution in [-0.2, 0) is 14.3 Å². The van der Waals surface area contributed by atoms with Crippen molar-refractivity contribution in [1.82, 2.24) is 5.32 Å². The molecule has 2 fully saturated rings. The number of barbiturate groups is 1. The third kappa shape index (κ3) is 4.27. The molecule has 0 bridgehead atoms. The maximum atomic E-state index is 12.6. The number of rotatable bonds is 5. The van der Waals surface area contributed by atoms with Crippen LogP contribution in [0.25, 0.3) is 0 Å². The van der Waals surface area contributed by atoms with E-state index in [4.69, 9.17) is 16.3 Å². The van der Waals surface area contributed by atoms with Gasteiger partial charge in [-0.1, -0.05) is 17.7 Å². The summed E-state index contributed by atoms with van der Waals surface area (Å²) in [6, 6.07) is 5.54. The molecular weight excluding hydrogens is 360 g/mol. The number of carbonyl (C=O) groups excluding carboxylic acids is 3. The number of ether oxygens (including phenoxy) is 1. The second-order valence-corrected chi connectivity index (χ2v) is 6.53. The monoisotopic (exact) mass is 379 g/mol. The lowest BCUT2D eigenvalue weighted by atomic mass is 10.1. The third-order valence-electron chi connectivity index (χ3n) is 4.32. The summed E-state index contributed by atoms with van der Waals surface area (Å²) in [5.41, 5.74) is 0.309. The zero-order chi connectivity index (χ0) is 18.5. The molecule has 2 aliphatic heterocycles. The number of imide groups is 2. The van der Waals surface area contributed by atoms with Crippen LogP contribution in [0.15, 0.2) is 29.3 Å². The predicted molar refractivity (Wildman–Crippen MR) is 95.7 cm³/mol. The van der Waals surface area contributed by atoms with Crippen molar-refractivity contribution in [3.63, 3.8) is 0 Å². The first-order valence-corrected chi connectivity index (χ1v) is 8.79. The molecule has 0 unspecified atom stereocenters. The molecule has 1 aromatic carbocycles. The fourth-order valence-electron chi connectivity index (χ4n) is 2.89. The molecule has 0 aliphatic carbocycles. The van der Waals surface area contributed by atoms with Crippen molar-refractivity contribution >= 4 is 41.3 Å². The minimum Gasteiger partial charge on any atom is -0.370 e. The zero-order valence-electron chi connectivity index (χ0n) is 14.1. The number of morpholine rings is 1. The van der Waals surface area contributed by atoms with Gasteiger partial charge in [0, 0.05) is 11.2 Å². The van der Waals surface area contributed by atoms with Crippen LogP contribution in [0.4, 0.5) is 10.5 Å². The van der Waals surface area contributed by atoms with E-state index in [1.165, 1.54) is 17.2 Å². The molecule has 0 saturated carbocycles. The number of benzene rings is 1. The molecule has 2 N–H and O–H groups in total. The fraction of sp³-hybridized carbons (Fsp3) is 0.412. The van der Waals surface area contributed by atoms with Gasteiger partial charge in [-0.3, -0.25) is 19.9 Å². The van der Waals surface area contributed by atoms with E-state index in [-0.39, 0.29) is 0 Å². The number of quaternary nitrogens is 1. The van der Waals surface area contributed by atoms with Crippen molar-refractivity contribution < 1.29 is 24.0 Å². The van der Waals surface area contributed by atoms with E-state index >= 15 is 0 Å². The molecule has 26 heavy (non-hydrogen) atoms. The number of nitrogens with one attached hydrogen (secondary N) is 2. The molecule has 0 radical (unpaired) electrons. The largest absolute Gasteiger partial charge is 0.370 e. The van der Waals surface area contributed by atoms with E-state index in [0.717, 1.165) is 37.7 Å². The van der Waals surface area contributed by atoms with E-state index < -0.39 is 23.8 Å². The Labute approximate surface area is 155 Å². The van der Waals surface area contributed by atoms with E-state index in [1.54, 1.807) is 18.2 Å². The smallest absolute Gasteiger partial charge is 0.335 e. The molecule has 2 heterocycles. The number of aliphatic imine (C=N–C) groups is 1. The van der Waals surface area contributed by atoms with E-state index in [2.05, 4.69) is 10.3 Å². The molecule has 4 amide bonds. The van der Waals surface area contributed by atoms with Gasteiger partial charge in [-0.05, 0) is 18.2 Å². The van der Waals surface area contributed by atoms with Gasteiger partial charge in [0.15, 0.2) is 5.92 Å². The summed E-state index contributed by atoms with van der Waals surface area (Å²) in [4.78, 5) is 43.3. The fourth-order valence-corrected chi connectivity index (χ4v) is 3.08. The van der Waals surface area contributed by atoms with Crippen molar-refractivity contribution in [3.8, 4) is 0 Å². The van der Waals surface area contributed by atoms with Crippen molar-refractivity contribution in [3.05, 3.63) is 29.3 Å². The maximum Gasteiger partial charge on any atom is 0.335 e. The molecular formula is C17H20ClN4O4+. The van der Waals surface area contributed by atoms with Gasteiger partial charge in [0.1, 0.15) is 13.1 Å². The minimum atomic E-state index is -1.13. The van der Waals surface area contributed by atoms with Crippen molar-refractivity contribution in [2.45, 2.75) is 0 Å². The zero-order valence-corrected chi connectivity index (χ0v) is 14.9. The van der Waals surface area contributed by atoms with Crippen molar-refractivity contribution in [2.75, 3.05) is 44.3 Å². The van der Waals surface area contributed by atoms with Gasteiger partial charge in [0.25, 0.3) is 5.91 Å². The first-order chi connectivity index (χ1) is 12.6. The first kappa shape index (κ1) is 18.5. The lowest BCUT2D eigenvalue weighted by Crippen LogP contribution is -3.14. The van der Waals surface area contributed by atoms with Crippen molar-refractivity contribution in [1.29, 1.82) is 0 Å². The average Bonchev–Trinajstić information content (AvgIpc) is 2.61. The molecule has 9 heteroatoms. The number of carbonyl (C=O) groups is 3. The van der Waals surface area contributed by atoms with Gasteiger partial charge >= 0.3 is 6.03 Å². The highest BCUT2D eigenvalue weighted by atomic mass is 35.5. The molecule has 0 aromatic heterocycles. The van der Waals surface area contributed by atoms with Gasteiger partial charge in [-0.15, -0.1) is 0 Å². The first-order valence-electron chi connectivity index (χ1n) is 8.42. The Hall–Kier alpha value is -2.29. The SMILES string of the molecule is O=C1NC(=O)N(c2cccc(Cl)c2)C(=O)[C@H]1C=NCC[NH+]1CCOCC1. The molecule has 1 atom stereocenters. The highest BCUT2D eigenvalue weighted by molar-refractivity contribution is 6.34. The van der Waals surface area contributed by atoms with Crippen molar-refractivity contribution in [2.24, 2.45) is 10.9 Å². The topological polar surface area (TPSA) is 92.5 Å². The predicted octanol–water partition coefficient (Wildman–Crippen LogP) is -0.475. The number of urea groups is 1. The molecule has 2 aliphatic rings. The van der Waals surface area contributed by atoms with Crippen LogP contribution in [-0.4, -0.2) is 63.5 Å². The average molecular weight is 380 g/mol. The van der Waals surface area contributed by atoms with Crippen LogP contribution in [0.1, 0.15) is 0 Å². The molecule has 0 spiro atoms. The van der Waals surface area contributed by atoms with Gasteiger partial charge in [-0.2, -0.15) is 0 Å². The lowest BCUT2D eigenvalue weighted by molar-refractivity contribution is -0.906. The Morgan fingerprint density at radius 1 is 1.31 bits per heavy atom. The Morgan fingerprint density at radius 3 is 2.81 bits per heavy atom. The Bertz CT molecular complexity index is 733. The number of amides is 4. The maximum absolute atomic E-state index is 12.6. The number of hydrogen-bond donors (Lipinski definition) is 2. The van der Waals surface area contributed by atoms with E-state index in [9.17, 15) is 14.4 Å². The van der Waals surface area contributed by atoms with Crippen LogP contribution < -0.4 is 15.1 Å². The summed E-state index contributed by atoms with van der Waals surface area (Å²) in [6.07, 6.45) is 1.32. The summed E-state index contributed by atoms with van der Waals surface area (Å²) in [6.45, 7) is 4.63. The van der Waals surface area contributed by atoms with Crippen LogP contribution in [0.5, 0.6) is 0 Å². The minimum absolute atomic E-state index is 0.309. The number of halogens is 1. The molecule has 8 nitrogen and oxygen atoms in total. The highest BCUT2D eigenvalue weighted by Crippen LogP contribution is 2.23. The number of hydrogen-bond acceptors (Lipinski definition) is 5. The van der Waals surface area contributed by atoms with Crippen LogP contribution >= 0.6 is 11.6 Å². The second kappa shape index (κ2) is 8.39. The summed E-state index contributed by atoms with van der Waals surface area (Å²) >= 11 is 5.93. The van der Waals surface area contributed by atoms with Gasteiger partial charge in [0.05, 0.1) is 32.0 Å². The van der Waals surface area contributed by atoms with Crippen LogP contribution in [0, 0.1) is 5.92 Å². The van der Waals surface area contributed by atoms with Gasteiger partial charge in [-0.25, -0.2) is 9.69 Å². The van der Waals surface area contributed by atoms with E-state index in [0.29, 0.717) is 17.3 Å². The summed E-state index contributed by atoms with van der Waals surface area (Å²) in [5.74, 6) is -2.43. The normalized spacial score (nSPS) is 22.1. The quantitative estimate of drug-likeness (QED) is 0.534.